The summed E-state index contributed by atoms with van der Waals surface area (Å²) in [6, 6.07) is 5.46. The van der Waals surface area contributed by atoms with Gasteiger partial charge in [0.2, 0.25) is 0 Å². The highest BCUT2D eigenvalue weighted by Gasteiger charge is 2.14. The smallest absolute Gasteiger partial charge is 0.307 e. The van der Waals surface area contributed by atoms with Crippen LogP contribution in [-0.4, -0.2) is 16.2 Å². The van der Waals surface area contributed by atoms with Crippen molar-refractivity contribution in [3.05, 3.63) is 34.4 Å². The van der Waals surface area contributed by atoms with Crippen LogP contribution in [0.2, 0.25) is 0 Å². The molecule has 1 aromatic carbocycles. The van der Waals surface area contributed by atoms with Crippen LogP contribution in [0.1, 0.15) is 29.2 Å². The van der Waals surface area contributed by atoms with Gasteiger partial charge in [0.05, 0.1) is 24.7 Å². The first-order valence-electron chi connectivity index (χ1n) is 5.00. The van der Waals surface area contributed by atoms with Gasteiger partial charge in [0, 0.05) is 0 Å². The molecule has 0 aromatic heterocycles. The fourth-order valence-corrected chi connectivity index (χ4v) is 1.67. The Bertz CT molecular complexity index is 446. The van der Waals surface area contributed by atoms with Crippen molar-refractivity contribution in [2.75, 3.05) is 0 Å². The van der Waals surface area contributed by atoms with E-state index >= 15 is 0 Å². The molecule has 0 atom stereocenters. The summed E-state index contributed by atoms with van der Waals surface area (Å²) in [6.45, 7) is 1.65. The lowest BCUT2D eigenvalue weighted by Crippen LogP contribution is -2.08. The van der Waals surface area contributed by atoms with Crippen LogP contribution in [-0.2, 0) is 24.2 Å². The Morgan fingerprint density at radius 3 is 2.50 bits per heavy atom. The Balaban J connectivity index is 3.38. The Kier molecular flexibility index (Phi) is 4.03. The Morgan fingerprint density at radius 1 is 1.44 bits per heavy atom. The summed E-state index contributed by atoms with van der Waals surface area (Å²) in [6.07, 6.45) is 0.438. The minimum Gasteiger partial charge on any atom is -0.481 e. The van der Waals surface area contributed by atoms with E-state index in [0.717, 1.165) is 5.56 Å². The molecule has 2 N–H and O–H groups in total. The van der Waals surface area contributed by atoms with Gasteiger partial charge in [-0.25, -0.2) is 0 Å². The van der Waals surface area contributed by atoms with E-state index in [2.05, 4.69) is 0 Å². The van der Waals surface area contributed by atoms with Gasteiger partial charge in [-0.05, 0) is 23.1 Å². The zero-order valence-electron chi connectivity index (χ0n) is 9.03. The highest BCUT2D eigenvalue weighted by molar-refractivity contribution is 5.72. The number of aryl methyl sites for hydroxylation is 1. The number of aliphatic hydroxyl groups is 1. The quantitative estimate of drug-likeness (QED) is 0.798. The molecule has 0 heterocycles. The number of hydrogen-bond donors (Lipinski definition) is 2. The lowest BCUT2D eigenvalue weighted by Gasteiger charge is -2.10. The molecule has 0 fully saturated rings. The molecule has 0 aliphatic rings. The van der Waals surface area contributed by atoms with Crippen LogP contribution in [0.4, 0.5) is 0 Å². The molecule has 0 bridgehead atoms. The highest BCUT2D eigenvalue weighted by Crippen LogP contribution is 2.20. The summed E-state index contributed by atoms with van der Waals surface area (Å²) in [7, 11) is 0. The van der Waals surface area contributed by atoms with Crippen molar-refractivity contribution in [2.45, 2.75) is 26.4 Å². The molecule has 0 amide bonds. The zero-order chi connectivity index (χ0) is 12.1. The molecule has 0 aliphatic carbocycles. The molecule has 4 heteroatoms. The number of benzene rings is 1. The molecule has 0 spiro atoms. The van der Waals surface area contributed by atoms with E-state index in [0.29, 0.717) is 23.1 Å². The number of aliphatic carboxylic acids is 1. The van der Waals surface area contributed by atoms with Crippen LogP contribution < -0.4 is 0 Å². The SMILES string of the molecule is CCc1ccc(CO)c(CC(=O)O)c1C#N. The molecule has 0 radical (unpaired) electrons. The summed E-state index contributed by atoms with van der Waals surface area (Å²) in [5, 5.41) is 26.9. The molecule has 84 valence electrons. The van der Waals surface area contributed by atoms with Gasteiger partial charge >= 0.3 is 5.97 Å². The maximum atomic E-state index is 10.7. The Labute approximate surface area is 93.8 Å². The number of nitrogens with zero attached hydrogens (tertiary/aromatic N) is 1. The van der Waals surface area contributed by atoms with E-state index in [-0.39, 0.29) is 13.0 Å². The average molecular weight is 219 g/mol. The number of nitriles is 1. The van der Waals surface area contributed by atoms with Crippen molar-refractivity contribution < 1.29 is 15.0 Å². The lowest BCUT2D eigenvalue weighted by molar-refractivity contribution is -0.136. The third kappa shape index (κ3) is 2.38. The van der Waals surface area contributed by atoms with Gasteiger partial charge in [-0.1, -0.05) is 19.1 Å². The molecule has 0 saturated carbocycles. The Hall–Kier alpha value is -1.86. The molecule has 0 unspecified atom stereocenters. The topological polar surface area (TPSA) is 81.3 Å². The van der Waals surface area contributed by atoms with Crippen LogP contribution in [0.5, 0.6) is 0 Å². The van der Waals surface area contributed by atoms with E-state index in [1.165, 1.54) is 0 Å². The first-order valence-corrected chi connectivity index (χ1v) is 5.00. The third-order valence-electron chi connectivity index (χ3n) is 2.49. The van der Waals surface area contributed by atoms with Crippen molar-refractivity contribution in [1.82, 2.24) is 0 Å². The molecular weight excluding hydrogens is 206 g/mol. The number of rotatable bonds is 4. The van der Waals surface area contributed by atoms with Gasteiger partial charge in [0.15, 0.2) is 0 Å². The molecule has 0 saturated heterocycles. The molecule has 0 aliphatic heterocycles. The lowest BCUT2D eigenvalue weighted by atomic mass is 9.93. The molecule has 1 aromatic rings. The van der Waals surface area contributed by atoms with Crippen LogP contribution in [0, 0.1) is 11.3 Å². The molecular formula is C12H13NO3. The normalized spacial score (nSPS) is 9.81. The number of carbonyl (C=O) groups is 1. The summed E-state index contributed by atoms with van der Waals surface area (Å²) in [4.78, 5) is 10.7. The fraction of sp³-hybridized carbons (Fsp3) is 0.333. The van der Waals surface area contributed by atoms with Crippen LogP contribution in [0.15, 0.2) is 12.1 Å². The molecule has 1 rings (SSSR count). The summed E-state index contributed by atoms with van der Waals surface area (Å²) >= 11 is 0. The fourth-order valence-electron chi connectivity index (χ4n) is 1.67. The van der Waals surface area contributed by atoms with E-state index < -0.39 is 5.97 Å². The van der Waals surface area contributed by atoms with E-state index in [9.17, 15) is 4.79 Å². The summed E-state index contributed by atoms with van der Waals surface area (Å²) in [5.41, 5.74) is 2.14. The highest BCUT2D eigenvalue weighted by atomic mass is 16.4. The number of carboxylic acid groups (broad SMARTS) is 1. The van der Waals surface area contributed by atoms with Crippen molar-refractivity contribution in [3.8, 4) is 6.07 Å². The first kappa shape index (κ1) is 12.2. The predicted molar refractivity (Wildman–Crippen MR) is 57.8 cm³/mol. The van der Waals surface area contributed by atoms with Gasteiger partial charge in [-0.3, -0.25) is 4.79 Å². The van der Waals surface area contributed by atoms with E-state index in [1.54, 1.807) is 12.1 Å². The number of hydrogen-bond acceptors (Lipinski definition) is 3. The minimum absolute atomic E-state index is 0.230. The van der Waals surface area contributed by atoms with Crippen LogP contribution in [0.3, 0.4) is 0 Å². The second-order valence-electron chi connectivity index (χ2n) is 3.43. The minimum atomic E-state index is -1.00. The zero-order valence-corrected chi connectivity index (χ0v) is 9.03. The van der Waals surface area contributed by atoms with Crippen molar-refractivity contribution in [1.29, 1.82) is 5.26 Å². The largest absolute Gasteiger partial charge is 0.481 e. The maximum Gasteiger partial charge on any atom is 0.307 e. The first-order chi connectivity index (χ1) is 7.63. The second-order valence-corrected chi connectivity index (χ2v) is 3.43. The number of carboxylic acids is 1. The Morgan fingerprint density at radius 2 is 2.06 bits per heavy atom. The van der Waals surface area contributed by atoms with Crippen molar-refractivity contribution in [3.63, 3.8) is 0 Å². The monoisotopic (exact) mass is 219 g/mol. The number of aliphatic hydroxyl groups excluding tert-OH is 1. The van der Waals surface area contributed by atoms with Gasteiger partial charge < -0.3 is 10.2 Å². The van der Waals surface area contributed by atoms with E-state index in [1.807, 2.05) is 13.0 Å². The van der Waals surface area contributed by atoms with Crippen molar-refractivity contribution in [2.24, 2.45) is 0 Å². The van der Waals surface area contributed by atoms with Crippen LogP contribution >= 0.6 is 0 Å². The standard InChI is InChI=1S/C12H13NO3/c1-2-8-3-4-9(7-14)10(5-12(15)16)11(8)6-13/h3-4,14H,2,5,7H2,1H3,(H,15,16). The van der Waals surface area contributed by atoms with Crippen LogP contribution in [0.25, 0.3) is 0 Å². The summed E-state index contributed by atoms with van der Waals surface area (Å²) in [5.74, 6) is -1.00. The van der Waals surface area contributed by atoms with Gasteiger partial charge in [-0.2, -0.15) is 5.26 Å². The van der Waals surface area contributed by atoms with Crippen molar-refractivity contribution >= 4 is 5.97 Å². The van der Waals surface area contributed by atoms with E-state index in [4.69, 9.17) is 15.5 Å². The average Bonchev–Trinajstić information content (AvgIpc) is 2.27. The van der Waals surface area contributed by atoms with Gasteiger partial charge in [0.25, 0.3) is 0 Å². The second kappa shape index (κ2) is 5.29. The van der Waals surface area contributed by atoms with Gasteiger partial charge in [0.1, 0.15) is 0 Å². The molecule has 4 nitrogen and oxygen atoms in total. The maximum absolute atomic E-state index is 10.7. The molecule has 16 heavy (non-hydrogen) atoms. The summed E-state index contributed by atoms with van der Waals surface area (Å²) < 4.78 is 0. The van der Waals surface area contributed by atoms with Gasteiger partial charge in [-0.15, -0.1) is 0 Å². The third-order valence-corrected chi connectivity index (χ3v) is 2.49. The predicted octanol–water partition coefficient (Wildman–Crippen LogP) is 1.24.